The van der Waals surface area contributed by atoms with Gasteiger partial charge in [0.15, 0.2) is 5.78 Å². The largest absolute Gasteiger partial charge is 0.512 e. The molecule has 2 nitrogen and oxygen atoms in total. The van der Waals surface area contributed by atoms with Gasteiger partial charge in [0.1, 0.15) is 0 Å². The minimum absolute atomic E-state index is 0.124. The standard InChI is InChI=1S/C12H18O2/c1-9-10(13)7-12(8-11(9)14)5-3-2-4-6-12/h13H,2-8H2,1H3. The van der Waals surface area contributed by atoms with Crippen molar-refractivity contribution in [2.45, 2.75) is 51.9 Å². The number of ketones is 1. The van der Waals surface area contributed by atoms with Gasteiger partial charge < -0.3 is 5.11 Å². The Bertz CT molecular complexity index is 283. The van der Waals surface area contributed by atoms with Gasteiger partial charge >= 0.3 is 0 Å². The quantitative estimate of drug-likeness (QED) is 0.643. The zero-order chi connectivity index (χ0) is 10.2. The molecule has 2 aliphatic rings. The summed E-state index contributed by atoms with van der Waals surface area (Å²) in [5.74, 6) is 0.513. The van der Waals surface area contributed by atoms with E-state index in [4.69, 9.17) is 0 Å². The SMILES string of the molecule is CC1=C(O)CC2(CCCCC2)CC1=O. The van der Waals surface area contributed by atoms with Crippen LogP contribution in [0.25, 0.3) is 0 Å². The lowest BCUT2D eigenvalue weighted by Crippen LogP contribution is -2.32. The van der Waals surface area contributed by atoms with Crippen molar-refractivity contribution in [2.75, 3.05) is 0 Å². The molecular weight excluding hydrogens is 176 g/mol. The van der Waals surface area contributed by atoms with Gasteiger partial charge in [0, 0.05) is 18.4 Å². The van der Waals surface area contributed by atoms with E-state index in [2.05, 4.69) is 0 Å². The number of carbonyl (C=O) groups excluding carboxylic acids is 1. The molecular formula is C12H18O2. The molecule has 0 heterocycles. The van der Waals surface area contributed by atoms with Gasteiger partial charge in [0.2, 0.25) is 0 Å². The van der Waals surface area contributed by atoms with E-state index in [-0.39, 0.29) is 11.2 Å². The number of rotatable bonds is 0. The molecule has 0 unspecified atom stereocenters. The van der Waals surface area contributed by atoms with Crippen LogP contribution in [0.4, 0.5) is 0 Å². The molecule has 78 valence electrons. The first-order chi connectivity index (χ1) is 6.63. The van der Waals surface area contributed by atoms with Crippen LogP contribution < -0.4 is 0 Å². The van der Waals surface area contributed by atoms with E-state index < -0.39 is 0 Å². The number of aliphatic hydroxyl groups excluding tert-OH is 1. The molecule has 2 aliphatic carbocycles. The average Bonchev–Trinajstić information content (AvgIpc) is 2.15. The number of allylic oxidation sites excluding steroid dienone is 2. The second-order valence-electron chi connectivity index (χ2n) is 4.91. The highest BCUT2D eigenvalue weighted by molar-refractivity contribution is 5.96. The first-order valence-corrected chi connectivity index (χ1v) is 5.55. The Morgan fingerprint density at radius 3 is 2.36 bits per heavy atom. The van der Waals surface area contributed by atoms with Crippen LogP contribution in [-0.4, -0.2) is 10.9 Å². The van der Waals surface area contributed by atoms with Crippen LogP contribution in [-0.2, 0) is 4.79 Å². The lowest BCUT2D eigenvalue weighted by molar-refractivity contribution is -0.119. The number of aliphatic hydroxyl groups is 1. The van der Waals surface area contributed by atoms with E-state index in [0.717, 1.165) is 19.3 Å². The molecule has 0 atom stereocenters. The first kappa shape index (κ1) is 9.75. The Kier molecular flexibility index (Phi) is 2.38. The maximum atomic E-state index is 11.7. The van der Waals surface area contributed by atoms with Crippen molar-refractivity contribution < 1.29 is 9.90 Å². The monoisotopic (exact) mass is 194 g/mol. The second-order valence-corrected chi connectivity index (χ2v) is 4.91. The van der Waals surface area contributed by atoms with Gasteiger partial charge in [-0.05, 0) is 25.2 Å². The molecule has 14 heavy (non-hydrogen) atoms. The Morgan fingerprint density at radius 1 is 1.14 bits per heavy atom. The van der Waals surface area contributed by atoms with E-state index in [1.807, 2.05) is 0 Å². The molecule has 0 aromatic rings. The topological polar surface area (TPSA) is 37.3 Å². The van der Waals surface area contributed by atoms with Crippen molar-refractivity contribution in [1.29, 1.82) is 0 Å². The molecule has 0 radical (unpaired) electrons. The molecule has 0 amide bonds. The number of hydrogen-bond donors (Lipinski definition) is 1. The van der Waals surface area contributed by atoms with E-state index in [1.165, 1.54) is 19.3 Å². The predicted octanol–water partition coefficient (Wildman–Crippen LogP) is 3.13. The Morgan fingerprint density at radius 2 is 1.79 bits per heavy atom. The summed E-state index contributed by atoms with van der Waals surface area (Å²) in [6.45, 7) is 1.74. The van der Waals surface area contributed by atoms with Crippen molar-refractivity contribution >= 4 is 5.78 Å². The highest BCUT2D eigenvalue weighted by atomic mass is 16.3. The smallest absolute Gasteiger partial charge is 0.162 e. The van der Waals surface area contributed by atoms with Crippen LogP contribution in [0.2, 0.25) is 0 Å². The molecule has 0 saturated heterocycles. The van der Waals surface area contributed by atoms with E-state index in [1.54, 1.807) is 6.92 Å². The molecule has 1 N–H and O–H groups in total. The van der Waals surface area contributed by atoms with Gasteiger partial charge in [-0.25, -0.2) is 0 Å². The highest BCUT2D eigenvalue weighted by Crippen LogP contribution is 2.47. The zero-order valence-electron chi connectivity index (χ0n) is 8.81. The molecule has 1 fully saturated rings. The van der Waals surface area contributed by atoms with E-state index >= 15 is 0 Å². The van der Waals surface area contributed by atoms with E-state index in [9.17, 15) is 9.90 Å². The maximum absolute atomic E-state index is 11.7. The number of carbonyl (C=O) groups is 1. The van der Waals surface area contributed by atoms with Crippen molar-refractivity contribution in [3.63, 3.8) is 0 Å². The Hall–Kier alpha value is -0.790. The fraction of sp³-hybridized carbons (Fsp3) is 0.750. The van der Waals surface area contributed by atoms with Gasteiger partial charge in [-0.3, -0.25) is 4.79 Å². The fourth-order valence-electron chi connectivity index (χ4n) is 2.84. The highest BCUT2D eigenvalue weighted by Gasteiger charge is 2.39. The molecule has 2 heteroatoms. The van der Waals surface area contributed by atoms with Crippen LogP contribution in [0.1, 0.15) is 51.9 Å². The third kappa shape index (κ3) is 1.58. The molecule has 1 saturated carbocycles. The molecule has 0 aromatic carbocycles. The third-order valence-corrected chi connectivity index (χ3v) is 3.84. The molecule has 0 aromatic heterocycles. The van der Waals surface area contributed by atoms with Crippen LogP contribution in [0, 0.1) is 5.41 Å². The molecule has 1 spiro atoms. The summed E-state index contributed by atoms with van der Waals surface area (Å²) in [4.78, 5) is 11.7. The van der Waals surface area contributed by atoms with E-state index in [0.29, 0.717) is 17.8 Å². The zero-order valence-corrected chi connectivity index (χ0v) is 8.81. The third-order valence-electron chi connectivity index (χ3n) is 3.84. The minimum atomic E-state index is 0.124. The first-order valence-electron chi connectivity index (χ1n) is 5.55. The summed E-state index contributed by atoms with van der Waals surface area (Å²) in [5, 5.41) is 9.72. The summed E-state index contributed by atoms with van der Waals surface area (Å²) in [5.41, 5.74) is 0.722. The summed E-state index contributed by atoms with van der Waals surface area (Å²) in [6, 6.07) is 0. The lowest BCUT2D eigenvalue weighted by atomic mass is 9.65. The summed E-state index contributed by atoms with van der Waals surface area (Å²) in [6.07, 6.45) is 7.39. The lowest BCUT2D eigenvalue weighted by Gasteiger charge is -2.39. The number of Topliss-reactive ketones (excluding diaryl/α,β-unsaturated/α-hetero) is 1. The maximum Gasteiger partial charge on any atom is 0.162 e. The summed E-state index contributed by atoms with van der Waals surface area (Å²) < 4.78 is 0. The molecule has 0 aliphatic heterocycles. The van der Waals surface area contributed by atoms with Gasteiger partial charge in [-0.2, -0.15) is 0 Å². The Balaban J connectivity index is 2.21. The number of hydrogen-bond acceptors (Lipinski definition) is 2. The van der Waals surface area contributed by atoms with Gasteiger partial charge in [-0.1, -0.05) is 19.3 Å². The van der Waals surface area contributed by atoms with Crippen LogP contribution in [0.3, 0.4) is 0 Å². The van der Waals surface area contributed by atoms with Crippen molar-refractivity contribution in [3.8, 4) is 0 Å². The molecule has 0 bridgehead atoms. The second kappa shape index (κ2) is 3.41. The van der Waals surface area contributed by atoms with Crippen molar-refractivity contribution in [2.24, 2.45) is 5.41 Å². The van der Waals surface area contributed by atoms with Crippen LogP contribution in [0.5, 0.6) is 0 Å². The van der Waals surface area contributed by atoms with Crippen molar-refractivity contribution in [1.82, 2.24) is 0 Å². The Labute approximate surface area is 85.0 Å². The van der Waals surface area contributed by atoms with Gasteiger partial charge in [-0.15, -0.1) is 0 Å². The molecule has 2 rings (SSSR count). The summed E-state index contributed by atoms with van der Waals surface area (Å²) in [7, 11) is 0. The predicted molar refractivity (Wildman–Crippen MR) is 55.1 cm³/mol. The minimum Gasteiger partial charge on any atom is -0.512 e. The van der Waals surface area contributed by atoms with Crippen molar-refractivity contribution in [3.05, 3.63) is 11.3 Å². The average molecular weight is 194 g/mol. The van der Waals surface area contributed by atoms with Gasteiger partial charge in [0.25, 0.3) is 0 Å². The summed E-state index contributed by atoms with van der Waals surface area (Å²) >= 11 is 0. The van der Waals surface area contributed by atoms with Gasteiger partial charge in [0.05, 0.1) is 5.76 Å². The van der Waals surface area contributed by atoms with Crippen LogP contribution >= 0.6 is 0 Å². The fourth-order valence-corrected chi connectivity index (χ4v) is 2.84. The van der Waals surface area contributed by atoms with Crippen LogP contribution in [0.15, 0.2) is 11.3 Å². The normalized spacial score (nSPS) is 27.1.